The molecule has 24 heteroatoms. The predicted octanol–water partition coefficient (Wildman–Crippen LogP) is 6.15. The van der Waals surface area contributed by atoms with Crippen LogP contribution in [0.3, 0.4) is 0 Å². The number of fused-ring (bicyclic) bond motifs is 1. The summed E-state index contributed by atoms with van der Waals surface area (Å²) >= 11 is 12.8. The molecular formula is C39H44Cl2F3N5O12S2. The van der Waals surface area contributed by atoms with Gasteiger partial charge in [-0.3, -0.25) is 9.36 Å². The van der Waals surface area contributed by atoms with E-state index in [1.165, 1.54) is 60.1 Å². The number of alkyl halides is 3. The van der Waals surface area contributed by atoms with Gasteiger partial charge in [0, 0.05) is 41.9 Å². The summed E-state index contributed by atoms with van der Waals surface area (Å²) < 4.78 is 116. The largest absolute Gasteiger partial charge is 0.573 e. The molecule has 0 spiro atoms. The standard InChI is InChI=1S/C39H44Cl2F3N5O12S2/c1-8-63(56,57)31-12-10-24(40)15-23(31)19-48-34(50)27-17-30(60-39(42,43)44)28(32(41)33(27)45-35(48)51)21-46-20-25(49(36(46)52)37(53)61-38(2,3)4)13-14-47(62(7,54)55)18-22-9-11-26(58-5)16-29(22)59-6/h9-12,15-17,25H,8,13-14,18-21H2,1-7H3,(H,45,51)/t25-/m1/s1. The summed E-state index contributed by atoms with van der Waals surface area (Å²) in [5, 5.41) is -1.12. The van der Waals surface area contributed by atoms with E-state index in [1.807, 2.05) is 0 Å². The third-order valence-corrected chi connectivity index (χ3v) is 13.5. The van der Waals surface area contributed by atoms with Gasteiger partial charge in [0.15, 0.2) is 9.84 Å². The molecule has 17 nitrogen and oxygen atoms in total. The molecule has 1 N–H and O–H groups in total. The highest BCUT2D eigenvalue weighted by Gasteiger charge is 2.44. The second kappa shape index (κ2) is 18.6. The van der Waals surface area contributed by atoms with Crippen molar-refractivity contribution in [2.24, 2.45) is 0 Å². The van der Waals surface area contributed by atoms with Crippen LogP contribution in [0, 0.1) is 0 Å². The number of sulfonamides is 1. The van der Waals surface area contributed by atoms with Crippen LogP contribution in [0.1, 0.15) is 50.8 Å². The zero-order valence-corrected chi connectivity index (χ0v) is 38.1. The van der Waals surface area contributed by atoms with Gasteiger partial charge in [-0.25, -0.2) is 36.1 Å². The van der Waals surface area contributed by atoms with Gasteiger partial charge in [0.1, 0.15) is 22.8 Å². The fourth-order valence-electron chi connectivity index (χ4n) is 6.81. The normalized spacial score (nSPS) is 15.1. The van der Waals surface area contributed by atoms with Crippen molar-refractivity contribution in [3.63, 3.8) is 0 Å². The lowest BCUT2D eigenvalue weighted by atomic mass is 10.1. The first kappa shape index (κ1) is 49.0. The quantitative estimate of drug-likeness (QED) is 0.143. The molecule has 344 valence electrons. The SMILES string of the molecule is CCS(=O)(=O)c1ccc(Cl)cc1Cn1c(=O)[nH]c2c(Cl)c(CN3C[C@@H](CCN(Cc4ccc(OC)cc4OC)S(C)(=O)=O)N(C(=O)OC(C)(C)C)C3=O)c(OC(F)(F)F)cc2c1=O. The summed E-state index contributed by atoms with van der Waals surface area (Å²) in [5.41, 5.74) is -3.98. The monoisotopic (exact) mass is 965 g/mol. The zero-order chi connectivity index (χ0) is 47.0. The van der Waals surface area contributed by atoms with E-state index in [0.717, 1.165) is 20.4 Å². The van der Waals surface area contributed by atoms with Crippen molar-refractivity contribution in [2.45, 2.75) is 76.7 Å². The number of carbonyl (C=O) groups is 2. The molecule has 0 aliphatic carbocycles. The molecule has 1 aromatic heterocycles. The number of methoxy groups -OCH3 is 2. The van der Waals surface area contributed by atoms with Crippen molar-refractivity contribution < 1.29 is 58.5 Å². The van der Waals surface area contributed by atoms with Crippen LogP contribution in [0.4, 0.5) is 22.8 Å². The number of amides is 3. The Morgan fingerprint density at radius 1 is 0.937 bits per heavy atom. The Kier molecular flexibility index (Phi) is 14.5. The average Bonchev–Trinajstić information content (AvgIpc) is 3.49. The summed E-state index contributed by atoms with van der Waals surface area (Å²) in [6.45, 7) is 3.74. The third-order valence-electron chi connectivity index (χ3n) is 9.80. The van der Waals surface area contributed by atoms with Gasteiger partial charge in [0.25, 0.3) is 5.56 Å². The Balaban J connectivity index is 1.55. The first-order chi connectivity index (χ1) is 29.2. The van der Waals surface area contributed by atoms with Gasteiger partial charge in [0.05, 0.1) is 66.2 Å². The molecule has 1 aliphatic rings. The number of halogens is 5. The van der Waals surface area contributed by atoms with Crippen molar-refractivity contribution in [1.29, 1.82) is 0 Å². The highest BCUT2D eigenvalue weighted by molar-refractivity contribution is 7.91. The lowest BCUT2D eigenvalue weighted by Crippen LogP contribution is -2.44. The lowest BCUT2D eigenvalue weighted by molar-refractivity contribution is -0.274. The molecule has 2 heterocycles. The third kappa shape index (κ3) is 11.4. The Bertz CT molecular complexity index is 2780. The maximum absolute atomic E-state index is 14.1. The van der Waals surface area contributed by atoms with Gasteiger partial charge in [-0.2, -0.15) is 4.31 Å². The molecule has 1 atom stereocenters. The summed E-state index contributed by atoms with van der Waals surface area (Å²) in [6.07, 6.45) is -5.71. The number of aromatic amines is 1. The number of nitrogens with one attached hydrogen (secondary N) is 1. The average molecular weight is 967 g/mol. The molecule has 3 amide bonds. The van der Waals surface area contributed by atoms with Crippen LogP contribution in [-0.2, 0) is 44.2 Å². The van der Waals surface area contributed by atoms with E-state index in [-0.39, 0.29) is 47.3 Å². The molecule has 1 saturated heterocycles. The molecule has 1 aliphatic heterocycles. The van der Waals surface area contributed by atoms with Crippen molar-refractivity contribution in [1.82, 2.24) is 23.7 Å². The molecule has 0 bridgehead atoms. The van der Waals surface area contributed by atoms with Crippen LogP contribution in [0.25, 0.3) is 10.9 Å². The number of nitrogens with zero attached hydrogens (tertiary/aromatic N) is 4. The van der Waals surface area contributed by atoms with Gasteiger partial charge in [0.2, 0.25) is 10.0 Å². The molecular weight excluding hydrogens is 922 g/mol. The maximum atomic E-state index is 14.1. The van der Waals surface area contributed by atoms with E-state index in [1.54, 1.807) is 18.2 Å². The van der Waals surface area contributed by atoms with Crippen LogP contribution in [0.5, 0.6) is 17.2 Å². The zero-order valence-electron chi connectivity index (χ0n) is 35.0. The highest BCUT2D eigenvalue weighted by Crippen LogP contribution is 2.38. The van der Waals surface area contributed by atoms with E-state index in [4.69, 9.17) is 37.4 Å². The van der Waals surface area contributed by atoms with E-state index in [2.05, 4.69) is 9.72 Å². The molecule has 0 unspecified atom stereocenters. The number of carbonyl (C=O) groups excluding carboxylic acids is 2. The second-order valence-corrected chi connectivity index (χ2v) is 20.4. The Morgan fingerprint density at radius 2 is 1.62 bits per heavy atom. The fourth-order valence-corrected chi connectivity index (χ4v) is 9.23. The number of hydrogen-bond acceptors (Lipinski definition) is 12. The minimum atomic E-state index is -5.38. The molecule has 63 heavy (non-hydrogen) atoms. The van der Waals surface area contributed by atoms with Crippen LogP contribution < -0.4 is 25.5 Å². The Morgan fingerprint density at radius 3 is 2.21 bits per heavy atom. The summed E-state index contributed by atoms with van der Waals surface area (Å²) in [6, 6.07) is 7.01. The smallest absolute Gasteiger partial charge is 0.497 e. The van der Waals surface area contributed by atoms with Gasteiger partial charge >= 0.3 is 24.2 Å². The van der Waals surface area contributed by atoms with Crippen LogP contribution in [-0.4, -0.2) is 110 Å². The number of urea groups is 1. The first-order valence-corrected chi connectivity index (χ1v) is 23.2. The van der Waals surface area contributed by atoms with E-state index in [0.29, 0.717) is 27.7 Å². The fraction of sp³-hybridized carbons (Fsp3) is 0.436. The number of aromatic nitrogens is 2. The minimum absolute atomic E-state index is 0.0532. The van der Waals surface area contributed by atoms with E-state index in [9.17, 15) is 49.2 Å². The summed E-state index contributed by atoms with van der Waals surface area (Å²) in [4.78, 5) is 58.8. The topological polar surface area (TPSA) is 204 Å². The van der Waals surface area contributed by atoms with Gasteiger partial charge in [-0.1, -0.05) is 36.2 Å². The van der Waals surface area contributed by atoms with Crippen molar-refractivity contribution in [2.75, 3.05) is 39.3 Å². The summed E-state index contributed by atoms with van der Waals surface area (Å²) in [5.74, 6) is -0.602. The van der Waals surface area contributed by atoms with Gasteiger partial charge in [-0.15, -0.1) is 13.2 Å². The number of imide groups is 1. The Hall–Kier alpha value is -5.03. The second-order valence-electron chi connectivity index (χ2n) is 15.3. The van der Waals surface area contributed by atoms with Crippen molar-refractivity contribution >= 4 is 66.1 Å². The number of sulfone groups is 1. The van der Waals surface area contributed by atoms with Crippen molar-refractivity contribution in [3.8, 4) is 17.2 Å². The molecule has 0 radical (unpaired) electrons. The molecule has 4 aromatic rings. The predicted molar refractivity (Wildman–Crippen MR) is 226 cm³/mol. The maximum Gasteiger partial charge on any atom is 0.573 e. The minimum Gasteiger partial charge on any atom is -0.497 e. The first-order valence-electron chi connectivity index (χ1n) is 18.9. The van der Waals surface area contributed by atoms with Gasteiger partial charge in [-0.05, 0) is 63.1 Å². The van der Waals surface area contributed by atoms with E-state index < -0.39 is 102 Å². The number of hydrogen-bond donors (Lipinski definition) is 1. The van der Waals surface area contributed by atoms with Crippen LogP contribution in [0.2, 0.25) is 10.0 Å². The molecule has 5 rings (SSSR count). The molecule has 3 aromatic carbocycles. The number of H-pyrrole nitrogens is 1. The molecule has 1 fully saturated rings. The van der Waals surface area contributed by atoms with Crippen LogP contribution in [0.15, 0.2) is 56.9 Å². The Labute approximate surface area is 370 Å². The number of benzene rings is 3. The molecule has 0 saturated carbocycles. The van der Waals surface area contributed by atoms with Crippen molar-refractivity contribution in [3.05, 3.63) is 90.0 Å². The van der Waals surface area contributed by atoms with Gasteiger partial charge < -0.3 is 28.8 Å². The summed E-state index contributed by atoms with van der Waals surface area (Å²) in [7, 11) is -5.01. The number of rotatable bonds is 15. The lowest BCUT2D eigenvalue weighted by Gasteiger charge is -2.28. The highest BCUT2D eigenvalue weighted by atomic mass is 35.5. The number of ether oxygens (including phenoxy) is 4. The van der Waals surface area contributed by atoms with Crippen LogP contribution >= 0.6 is 23.2 Å². The van der Waals surface area contributed by atoms with E-state index >= 15 is 0 Å².